The Balaban J connectivity index is 2.07. The number of nitrogens with one attached hydrogen (secondary N) is 1. The molecule has 1 amide bonds. The van der Waals surface area contributed by atoms with Crippen molar-refractivity contribution in [1.29, 1.82) is 0 Å². The Bertz CT molecular complexity index is 643. The highest BCUT2D eigenvalue weighted by Crippen LogP contribution is 2.25. The van der Waals surface area contributed by atoms with Crippen LogP contribution >= 0.6 is 11.3 Å². The van der Waals surface area contributed by atoms with E-state index < -0.39 is 0 Å². The molecule has 1 aromatic carbocycles. The van der Waals surface area contributed by atoms with Crippen LogP contribution in [-0.4, -0.2) is 18.6 Å². The third kappa shape index (κ3) is 4.24. The highest BCUT2D eigenvalue weighted by Gasteiger charge is 2.16. The molecular formula is C17H21NO3S. The average Bonchev–Trinajstić information content (AvgIpc) is 2.93. The molecule has 0 bridgehead atoms. The number of benzene rings is 1. The minimum atomic E-state index is -0.281. The molecule has 1 heterocycles. The van der Waals surface area contributed by atoms with Gasteiger partial charge in [0.15, 0.2) is 0 Å². The van der Waals surface area contributed by atoms with Crippen LogP contribution < -0.4 is 14.8 Å². The Labute approximate surface area is 135 Å². The first kappa shape index (κ1) is 16.4. The van der Waals surface area contributed by atoms with Gasteiger partial charge in [0.2, 0.25) is 0 Å². The van der Waals surface area contributed by atoms with E-state index in [-0.39, 0.29) is 11.5 Å². The molecule has 2 aromatic rings. The van der Waals surface area contributed by atoms with Crippen molar-refractivity contribution in [2.75, 3.05) is 7.11 Å². The number of thiophene rings is 1. The molecular weight excluding hydrogens is 298 g/mol. The van der Waals surface area contributed by atoms with Crippen molar-refractivity contribution in [2.24, 2.45) is 0 Å². The largest absolute Gasteiger partial charge is 0.495 e. The Morgan fingerprint density at radius 3 is 2.59 bits per heavy atom. The van der Waals surface area contributed by atoms with Gasteiger partial charge in [-0.1, -0.05) is 18.2 Å². The molecule has 0 aliphatic carbocycles. The summed E-state index contributed by atoms with van der Waals surface area (Å²) >= 11 is 1.36. The van der Waals surface area contributed by atoms with Gasteiger partial charge in [-0.2, -0.15) is 0 Å². The maximum absolute atomic E-state index is 12.2. The second-order valence-electron chi connectivity index (χ2n) is 5.82. The summed E-state index contributed by atoms with van der Waals surface area (Å²) in [6.07, 6.45) is 0. The zero-order valence-corrected chi connectivity index (χ0v) is 14.1. The molecule has 22 heavy (non-hydrogen) atoms. The molecule has 0 spiro atoms. The number of ether oxygens (including phenoxy) is 2. The molecule has 2 rings (SSSR count). The average molecular weight is 319 g/mol. The number of carbonyl (C=O) groups excluding carboxylic acids is 1. The third-order valence-corrected chi connectivity index (χ3v) is 3.78. The molecule has 1 N–H and O–H groups in total. The maximum Gasteiger partial charge on any atom is 0.265 e. The molecule has 0 unspecified atom stereocenters. The standard InChI is InChI=1S/C17H21NO3S/c1-17(2,3)21-13-8-6-5-7-12(13)11-18-16(19)15-14(20-4)9-10-22-15/h5-10H,11H2,1-4H3,(H,18,19). The Morgan fingerprint density at radius 1 is 1.18 bits per heavy atom. The zero-order valence-electron chi connectivity index (χ0n) is 13.3. The molecule has 0 aliphatic rings. The van der Waals surface area contributed by atoms with Gasteiger partial charge in [0.25, 0.3) is 5.91 Å². The number of para-hydroxylation sites is 1. The van der Waals surface area contributed by atoms with Crippen LogP contribution in [0.4, 0.5) is 0 Å². The molecule has 5 heteroatoms. The first-order chi connectivity index (χ1) is 10.4. The van der Waals surface area contributed by atoms with Crippen LogP contribution in [0.3, 0.4) is 0 Å². The summed E-state index contributed by atoms with van der Waals surface area (Å²) in [5.74, 6) is 1.24. The smallest absolute Gasteiger partial charge is 0.265 e. The second-order valence-corrected chi connectivity index (χ2v) is 6.74. The lowest BCUT2D eigenvalue weighted by Crippen LogP contribution is -2.26. The van der Waals surface area contributed by atoms with E-state index in [9.17, 15) is 4.79 Å². The molecule has 4 nitrogen and oxygen atoms in total. The number of hydrogen-bond acceptors (Lipinski definition) is 4. The summed E-state index contributed by atoms with van der Waals surface area (Å²) in [6, 6.07) is 9.51. The van der Waals surface area contributed by atoms with E-state index in [1.54, 1.807) is 13.2 Å². The van der Waals surface area contributed by atoms with Crippen LogP contribution in [0.5, 0.6) is 11.5 Å². The Kier molecular flexibility index (Phi) is 5.08. The molecule has 0 atom stereocenters. The van der Waals surface area contributed by atoms with Gasteiger partial charge < -0.3 is 14.8 Å². The second kappa shape index (κ2) is 6.83. The van der Waals surface area contributed by atoms with E-state index in [0.717, 1.165) is 11.3 Å². The summed E-state index contributed by atoms with van der Waals surface area (Å²) in [7, 11) is 1.56. The van der Waals surface area contributed by atoms with E-state index in [2.05, 4.69) is 5.32 Å². The lowest BCUT2D eigenvalue weighted by Gasteiger charge is -2.23. The summed E-state index contributed by atoms with van der Waals surface area (Å²) in [4.78, 5) is 12.8. The van der Waals surface area contributed by atoms with Crippen molar-refractivity contribution < 1.29 is 14.3 Å². The minimum Gasteiger partial charge on any atom is -0.495 e. The fourth-order valence-electron chi connectivity index (χ4n) is 1.96. The predicted molar refractivity (Wildman–Crippen MR) is 88.9 cm³/mol. The van der Waals surface area contributed by atoms with Gasteiger partial charge >= 0.3 is 0 Å². The number of carbonyl (C=O) groups is 1. The monoisotopic (exact) mass is 319 g/mol. The first-order valence-corrected chi connectivity index (χ1v) is 7.95. The SMILES string of the molecule is COc1ccsc1C(=O)NCc1ccccc1OC(C)(C)C. The molecule has 0 saturated heterocycles. The molecule has 1 aromatic heterocycles. The minimum absolute atomic E-state index is 0.141. The van der Waals surface area contributed by atoms with Crippen LogP contribution in [0.15, 0.2) is 35.7 Å². The zero-order chi connectivity index (χ0) is 16.2. The van der Waals surface area contributed by atoms with E-state index in [4.69, 9.17) is 9.47 Å². The van der Waals surface area contributed by atoms with E-state index in [1.165, 1.54) is 11.3 Å². The molecule has 0 aliphatic heterocycles. The quantitative estimate of drug-likeness (QED) is 0.910. The van der Waals surface area contributed by atoms with Crippen molar-refractivity contribution in [1.82, 2.24) is 5.32 Å². The van der Waals surface area contributed by atoms with Crippen LogP contribution in [0, 0.1) is 0 Å². The predicted octanol–water partition coefficient (Wildman–Crippen LogP) is 3.86. The lowest BCUT2D eigenvalue weighted by atomic mass is 10.1. The van der Waals surface area contributed by atoms with E-state index in [0.29, 0.717) is 17.2 Å². The van der Waals surface area contributed by atoms with Crippen molar-refractivity contribution in [3.63, 3.8) is 0 Å². The van der Waals surface area contributed by atoms with Gasteiger partial charge in [0.05, 0.1) is 7.11 Å². The van der Waals surface area contributed by atoms with Crippen LogP contribution in [0.25, 0.3) is 0 Å². The van der Waals surface area contributed by atoms with Gasteiger partial charge in [0, 0.05) is 12.1 Å². The highest BCUT2D eigenvalue weighted by molar-refractivity contribution is 7.12. The third-order valence-electron chi connectivity index (χ3n) is 2.88. The van der Waals surface area contributed by atoms with Crippen molar-refractivity contribution in [3.05, 3.63) is 46.2 Å². The first-order valence-electron chi connectivity index (χ1n) is 7.07. The van der Waals surface area contributed by atoms with Gasteiger partial charge in [-0.15, -0.1) is 11.3 Å². The van der Waals surface area contributed by atoms with E-state index >= 15 is 0 Å². The summed E-state index contributed by atoms with van der Waals surface area (Å²) in [5, 5.41) is 4.75. The van der Waals surface area contributed by atoms with Crippen molar-refractivity contribution in [2.45, 2.75) is 32.9 Å². The number of amides is 1. The molecule has 118 valence electrons. The number of rotatable bonds is 5. The highest BCUT2D eigenvalue weighted by atomic mass is 32.1. The normalized spacial score (nSPS) is 11.1. The fourth-order valence-corrected chi connectivity index (χ4v) is 2.73. The Hall–Kier alpha value is -2.01. The van der Waals surface area contributed by atoms with Gasteiger partial charge in [-0.3, -0.25) is 4.79 Å². The van der Waals surface area contributed by atoms with Crippen molar-refractivity contribution >= 4 is 17.2 Å². The Morgan fingerprint density at radius 2 is 1.91 bits per heavy atom. The summed E-state index contributed by atoms with van der Waals surface area (Å²) < 4.78 is 11.1. The maximum atomic E-state index is 12.2. The summed E-state index contributed by atoms with van der Waals surface area (Å²) in [5.41, 5.74) is 0.665. The fraction of sp³-hybridized carbons (Fsp3) is 0.353. The number of hydrogen-bond donors (Lipinski definition) is 1. The lowest BCUT2D eigenvalue weighted by molar-refractivity contribution is 0.0951. The number of methoxy groups -OCH3 is 1. The van der Waals surface area contributed by atoms with Gasteiger partial charge in [-0.25, -0.2) is 0 Å². The van der Waals surface area contributed by atoms with E-state index in [1.807, 2.05) is 50.4 Å². The molecule has 0 saturated carbocycles. The van der Waals surface area contributed by atoms with Crippen molar-refractivity contribution in [3.8, 4) is 11.5 Å². The molecule has 0 fully saturated rings. The molecule has 0 radical (unpaired) electrons. The van der Waals surface area contributed by atoms with Crippen LogP contribution in [-0.2, 0) is 6.54 Å². The topological polar surface area (TPSA) is 47.6 Å². The van der Waals surface area contributed by atoms with Crippen LogP contribution in [0.1, 0.15) is 36.0 Å². The van der Waals surface area contributed by atoms with Gasteiger partial charge in [0.1, 0.15) is 22.0 Å². The van der Waals surface area contributed by atoms with Crippen LogP contribution in [0.2, 0.25) is 0 Å². The summed E-state index contributed by atoms with van der Waals surface area (Å²) in [6.45, 7) is 6.41. The van der Waals surface area contributed by atoms with Gasteiger partial charge in [-0.05, 0) is 38.3 Å².